The average molecular weight is 330 g/mol. The van der Waals surface area contributed by atoms with Crippen LogP contribution in [0.25, 0.3) is 0 Å². The highest BCUT2D eigenvalue weighted by molar-refractivity contribution is 5.94. The Balaban J connectivity index is 1.68. The molecule has 0 aliphatic carbocycles. The van der Waals surface area contributed by atoms with E-state index in [0.717, 1.165) is 0 Å². The zero-order valence-electron chi connectivity index (χ0n) is 13.6. The number of nitrogens with zero attached hydrogens (tertiary/aromatic N) is 4. The van der Waals surface area contributed by atoms with Crippen molar-refractivity contribution in [3.63, 3.8) is 0 Å². The molecule has 0 spiro atoms. The van der Waals surface area contributed by atoms with E-state index < -0.39 is 5.82 Å². The maximum atomic E-state index is 13.8. The summed E-state index contributed by atoms with van der Waals surface area (Å²) in [5, 5.41) is 0. The van der Waals surface area contributed by atoms with Gasteiger partial charge in [0.15, 0.2) is 5.82 Å². The van der Waals surface area contributed by atoms with Gasteiger partial charge < -0.3 is 14.5 Å². The summed E-state index contributed by atoms with van der Waals surface area (Å²) in [6.07, 6.45) is 3.66. The highest BCUT2D eigenvalue weighted by atomic mass is 19.1. The minimum atomic E-state index is -0.504. The van der Waals surface area contributed by atoms with Crippen LogP contribution < -0.4 is 9.64 Å². The van der Waals surface area contributed by atoms with Crippen LogP contribution in [-0.4, -0.2) is 54.1 Å². The van der Waals surface area contributed by atoms with Gasteiger partial charge in [-0.05, 0) is 12.1 Å². The first kappa shape index (κ1) is 16.2. The zero-order valence-corrected chi connectivity index (χ0v) is 13.6. The van der Waals surface area contributed by atoms with Crippen LogP contribution in [0.2, 0.25) is 0 Å². The summed E-state index contributed by atoms with van der Waals surface area (Å²) in [5.41, 5.74) is 0.0895. The summed E-state index contributed by atoms with van der Waals surface area (Å²) in [6.45, 7) is 0.923. The van der Waals surface area contributed by atoms with Crippen molar-refractivity contribution in [3.05, 3.63) is 48.0 Å². The van der Waals surface area contributed by atoms with Crippen LogP contribution in [0.5, 0.6) is 5.88 Å². The Labute approximate surface area is 139 Å². The minimum absolute atomic E-state index is 0.0895. The van der Waals surface area contributed by atoms with Crippen LogP contribution in [0.3, 0.4) is 0 Å². The van der Waals surface area contributed by atoms with Gasteiger partial charge in [0.05, 0.1) is 12.1 Å². The molecule has 0 saturated carbocycles. The van der Waals surface area contributed by atoms with Gasteiger partial charge in [-0.2, -0.15) is 0 Å². The quantitative estimate of drug-likeness (QED) is 0.858. The fourth-order valence-corrected chi connectivity index (χ4v) is 2.68. The molecule has 1 amide bonds. The number of rotatable bonds is 4. The molecule has 1 aliphatic rings. The normalized spacial score (nSPS) is 17.0. The molecular weight excluding hydrogens is 311 g/mol. The van der Waals surface area contributed by atoms with E-state index in [1.807, 2.05) is 19.0 Å². The topological polar surface area (TPSA) is 58.6 Å². The number of hydrogen-bond donors (Lipinski definition) is 0. The molecule has 2 heterocycles. The Kier molecular flexibility index (Phi) is 4.59. The van der Waals surface area contributed by atoms with Crippen molar-refractivity contribution in [2.45, 2.75) is 12.5 Å². The monoisotopic (exact) mass is 330 g/mol. The molecule has 1 unspecified atom stereocenters. The number of halogens is 1. The lowest BCUT2D eigenvalue weighted by atomic mass is 10.2. The van der Waals surface area contributed by atoms with Crippen LogP contribution in [0, 0.1) is 5.82 Å². The molecule has 24 heavy (non-hydrogen) atoms. The molecule has 0 radical (unpaired) electrons. The molecule has 3 rings (SSSR count). The van der Waals surface area contributed by atoms with E-state index in [-0.39, 0.29) is 17.6 Å². The van der Waals surface area contributed by atoms with E-state index in [9.17, 15) is 9.18 Å². The third-order valence-electron chi connectivity index (χ3n) is 3.88. The molecule has 0 N–H and O–H groups in total. The van der Waals surface area contributed by atoms with Gasteiger partial charge in [-0.15, -0.1) is 0 Å². The van der Waals surface area contributed by atoms with Crippen molar-refractivity contribution < 1.29 is 13.9 Å². The number of aromatic nitrogens is 2. The van der Waals surface area contributed by atoms with Crippen LogP contribution in [0.4, 0.5) is 10.2 Å². The first-order valence-electron chi connectivity index (χ1n) is 7.75. The number of hydrogen-bond acceptors (Lipinski definition) is 5. The van der Waals surface area contributed by atoms with E-state index in [4.69, 9.17) is 4.74 Å². The Morgan fingerprint density at radius 2 is 2.04 bits per heavy atom. The lowest BCUT2D eigenvalue weighted by Crippen LogP contribution is -2.31. The van der Waals surface area contributed by atoms with Crippen LogP contribution in [-0.2, 0) is 0 Å². The first-order valence-corrected chi connectivity index (χ1v) is 7.75. The maximum absolute atomic E-state index is 13.8. The Morgan fingerprint density at radius 1 is 1.29 bits per heavy atom. The van der Waals surface area contributed by atoms with E-state index in [1.54, 1.807) is 29.4 Å². The predicted octanol–water partition coefficient (Wildman–Crippen LogP) is 1.98. The predicted molar refractivity (Wildman–Crippen MR) is 87.7 cm³/mol. The Hall–Kier alpha value is -2.70. The van der Waals surface area contributed by atoms with Gasteiger partial charge in [0.2, 0.25) is 0 Å². The van der Waals surface area contributed by atoms with Gasteiger partial charge in [-0.1, -0.05) is 12.1 Å². The van der Waals surface area contributed by atoms with E-state index in [0.29, 0.717) is 31.2 Å². The number of carbonyl (C=O) groups is 1. The Morgan fingerprint density at radius 3 is 2.79 bits per heavy atom. The molecular formula is C17H19FN4O2. The number of benzene rings is 1. The van der Waals surface area contributed by atoms with Gasteiger partial charge in [0, 0.05) is 39.5 Å². The molecule has 0 bridgehead atoms. The van der Waals surface area contributed by atoms with Crippen LogP contribution in [0.1, 0.15) is 16.8 Å². The number of amides is 1. The second-order valence-electron chi connectivity index (χ2n) is 5.84. The van der Waals surface area contributed by atoms with Crippen molar-refractivity contribution in [2.75, 3.05) is 32.1 Å². The molecule has 1 aromatic heterocycles. The molecule has 1 fully saturated rings. The van der Waals surface area contributed by atoms with Crippen LogP contribution >= 0.6 is 0 Å². The largest absolute Gasteiger partial charge is 0.470 e. The second kappa shape index (κ2) is 6.82. The Bertz CT molecular complexity index is 738. The summed E-state index contributed by atoms with van der Waals surface area (Å²) in [5.74, 6) is 0.255. The summed E-state index contributed by atoms with van der Waals surface area (Å²) in [6, 6.07) is 6.01. The number of likely N-dealkylation sites (tertiary alicyclic amines) is 1. The molecule has 126 valence electrons. The summed E-state index contributed by atoms with van der Waals surface area (Å²) < 4.78 is 19.7. The minimum Gasteiger partial charge on any atom is -0.470 e. The third-order valence-corrected chi connectivity index (χ3v) is 3.88. The standard InChI is InChI=1S/C17H19FN4O2/c1-21(2)15-16(20-9-8-19-15)24-12-7-10-22(11-12)17(23)13-5-3-4-6-14(13)18/h3-6,8-9,12H,7,10-11H2,1-2H3. The summed E-state index contributed by atoms with van der Waals surface area (Å²) in [7, 11) is 3.72. The molecule has 7 heteroatoms. The number of carbonyl (C=O) groups excluding carboxylic acids is 1. The number of ether oxygens (including phenoxy) is 1. The molecule has 6 nitrogen and oxygen atoms in total. The molecule has 1 saturated heterocycles. The first-order chi connectivity index (χ1) is 11.6. The van der Waals surface area contributed by atoms with Gasteiger partial charge >= 0.3 is 0 Å². The molecule has 1 aliphatic heterocycles. The van der Waals surface area contributed by atoms with Gasteiger partial charge in [-0.25, -0.2) is 14.4 Å². The van der Waals surface area contributed by atoms with Gasteiger partial charge in [0.25, 0.3) is 11.8 Å². The average Bonchev–Trinajstić information content (AvgIpc) is 3.03. The highest BCUT2D eigenvalue weighted by Gasteiger charge is 2.30. The summed E-state index contributed by atoms with van der Waals surface area (Å²) >= 11 is 0. The van der Waals surface area contributed by atoms with Gasteiger partial charge in [-0.3, -0.25) is 4.79 Å². The van der Waals surface area contributed by atoms with Crippen LogP contribution in [0.15, 0.2) is 36.7 Å². The molecule has 1 aromatic carbocycles. The third kappa shape index (κ3) is 3.29. The zero-order chi connectivity index (χ0) is 17.1. The van der Waals surface area contributed by atoms with Crippen molar-refractivity contribution in [1.82, 2.24) is 14.9 Å². The van der Waals surface area contributed by atoms with Crippen molar-refractivity contribution in [2.24, 2.45) is 0 Å². The summed E-state index contributed by atoms with van der Waals surface area (Å²) in [4.78, 5) is 24.3. The van der Waals surface area contributed by atoms with E-state index in [1.165, 1.54) is 12.1 Å². The lowest BCUT2D eigenvalue weighted by Gasteiger charge is -2.19. The van der Waals surface area contributed by atoms with Gasteiger partial charge in [0.1, 0.15) is 11.9 Å². The van der Waals surface area contributed by atoms with Crippen molar-refractivity contribution in [3.8, 4) is 5.88 Å². The maximum Gasteiger partial charge on any atom is 0.257 e. The van der Waals surface area contributed by atoms with E-state index in [2.05, 4.69) is 9.97 Å². The van der Waals surface area contributed by atoms with Crippen molar-refractivity contribution >= 4 is 11.7 Å². The SMILES string of the molecule is CN(C)c1nccnc1OC1CCN(C(=O)c2ccccc2F)C1. The highest BCUT2D eigenvalue weighted by Crippen LogP contribution is 2.25. The fraction of sp³-hybridized carbons (Fsp3) is 0.353. The second-order valence-corrected chi connectivity index (χ2v) is 5.84. The molecule has 2 aromatic rings. The lowest BCUT2D eigenvalue weighted by molar-refractivity contribution is 0.0766. The number of anilines is 1. The fourth-order valence-electron chi connectivity index (χ4n) is 2.68. The smallest absolute Gasteiger partial charge is 0.257 e. The van der Waals surface area contributed by atoms with E-state index >= 15 is 0 Å². The molecule has 1 atom stereocenters. The van der Waals surface area contributed by atoms with Crippen molar-refractivity contribution in [1.29, 1.82) is 0 Å².